The molecule has 1 aromatic heterocycles. The number of nitrogens with one attached hydrogen (secondary N) is 2. The molecular weight excluding hydrogens is 404 g/mol. The molecule has 0 atom stereocenters. The Morgan fingerprint density at radius 3 is 2.34 bits per heavy atom. The van der Waals surface area contributed by atoms with Gasteiger partial charge in [-0.1, -0.05) is 25.7 Å². The molecule has 32 heavy (non-hydrogen) atoms. The Hall–Kier alpha value is -2.61. The molecule has 0 spiro atoms. The number of likely N-dealkylation sites (tertiary alicyclic amines) is 1. The van der Waals surface area contributed by atoms with Crippen molar-refractivity contribution in [2.24, 2.45) is 0 Å². The highest BCUT2D eigenvalue weighted by Crippen LogP contribution is 2.26. The molecule has 2 fully saturated rings. The number of piperidine rings is 1. The van der Waals surface area contributed by atoms with Crippen molar-refractivity contribution in [2.75, 3.05) is 37.9 Å². The number of nitrogens with zero attached hydrogens (tertiary/aromatic N) is 4. The molecule has 0 radical (unpaired) electrons. The Morgan fingerprint density at radius 1 is 0.938 bits per heavy atom. The third-order valence-electron chi connectivity index (χ3n) is 6.39. The molecule has 0 amide bonds. The average Bonchev–Trinajstić information content (AvgIpc) is 3.04. The third-order valence-corrected chi connectivity index (χ3v) is 6.39. The topological polar surface area (TPSA) is 84.4 Å². The summed E-state index contributed by atoms with van der Waals surface area (Å²) in [5.41, 5.74) is 1.95. The molecule has 0 bridgehead atoms. The fraction of sp³-hybridized carbons (Fsp3) is 0.625. The van der Waals surface area contributed by atoms with Crippen molar-refractivity contribution in [2.45, 2.75) is 70.4 Å². The Kier molecular flexibility index (Phi) is 7.63. The first-order valence-electron chi connectivity index (χ1n) is 11.9. The molecule has 0 unspecified atom stereocenters. The monoisotopic (exact) mass is 440 g/mol. The SMILES string of the molecule is COc1ccc(Nc2nc(NC3CCCCCC3)nc(OC3CCN(C)CC3)n2)cc1C. The second-order valence-corrected chi connectivity index (χ2v) is 9.03. The first-order valence-corrected chi connectivity index (χ1v) is 11.9. The van der Waals surface area contributed by atoms with E-state index in [1.165, 1.54) is 25.7 Å². The lowest BCUT2D eigenvalue weighted by Gasteiger charge is -2.28. The number of rotatable bonds is 7. The quantitative estimate of drug-likeness (QED) is 0.607. The second kappa shape index (κ2) is 10.8. The highest BCUT2D eigenvalue weighted by molar-refractivity contribution is 5.58. The molecule has 1 aliphatic heterocycles. The molecule has 2 heterocycles. The Balaban J connectivity index is 1.53. The number of anilines is 3. The zero-order valence-electron chi connectivity index (χ0n) is 19.6. The van der Waals surface area contributed by atoms with E-state index < -0.39 is 0 Å². The van der Waals surface area contributed by atoms with Gasteiger partial charge in [-0.15, -0.1) is 0 Å². The zero-order valence-corrected chi connectivity index (χ0v) is 19.6. The highest BCUT2D eigenvalue weighted by Gasteiger charge is 2.21. The summed E-state index contributed by atoms with van der Waals surface area (Å²) in [5, 5.41) is 6.88. The lowest BCUT2D eigenvalue weighted by atomic mass is 10.1. The number of ether oxygens (including phenoxy) is 2. The molecule has 1 aromatic carbocycles. The molecule has 1 saturated carbocycles. The van der Waals surface area contributed by atoms with Gasteiger partial charge in [-0.3, -0.25) is 0 Å². The van der Waals surface area contributed by atoms with Crippen LogP contribution in [0.2, 0.25) is 0 Å². The van der Waals surface area contributed by atoms with Gasteiger partial charge in [0.1, 0.15) is 11.9 Å². The van der Waals surface area contributed by atoms with Crippen molar-refractivity contribution in [1.82, 2.24) is 19.9 Å². The smallest absolute Gasteiger partial charge is 0.323 e. The standard InChI is InChI=1S/C24H36N6O2/c1-17-16-19(10-11-21(17)31-3)26-23-27-22(25-18-8-6-4-5-7-9-18)28-24(29-23)32-20-12-14-30(2)15-13-20/h10-11,16,18,20H,4-9,12-15H2,1-3H3,(H2,25,26,27,28,29). The van der Waals surface area contributed by atoms with Gasteiger partial charge in [-0.25, -0.2) is 0 Å². The van der Waals surface area contributed by atoms with Crippen LogP contribution in [0.5, 0.6) is 11.8 Å². The largest absolute Gasteiger partial charge is 0.496 e. The van der Waals surface area contributed by atoms with Crippen LogP contribution in [-0.2, 0) is 0 Å². The molecule has 8 heteroatoms. The molecule has 8 nitrogen and oxygen atoms in total. The van der Waals surface area contributed by atoms with Gasteiger partial charge < -0.3 is 25.0 Å². The minimum Gasteiger partial charge on any atom is -0.496 e. The Bertz CT molecular complexity index is 877. The summed E-state index contributed by atoms with van der Waals surface area (Å²) in [4.78, 5) is 16.2. The number of aromatic nitrogens is 3. The Morgan fingerprint density at radius 2 is 1.66 bits per heavy atom. The van der Waals surface area contributed by atoms with Gasteiger partial charge in [0.2, 0.25) is 11.9 Å². The van der Waals surface area contributed by atoms with Crippen molar-refractivity contribution in [3.8, 4) is 11.8 Å². The van der Waals surface area contributed by atoms with Gasteiger partial charge in [0, 0.05) is 24.8 Å². The van der Waals surface area contributed by atoms with Crippen LogP contribution < -0.4 is 20.1 Å². The number of methoxy groups -OCH3 is 1. The van der Waals surface area contributed by atoms with Crippen LogP contribution >= 0.6 is 0 Å². The maximum atomic E-state index is 6.21. The molecule has 1 saturated heterocycles. The van der Waals surface area contributed by atoms with Gasteiger partial charge in [-0.2, -0.15) is 15.0 Å². The number of aryl methyl sites for hydroxylation is 1. The maximum Gasteiger partial charge on any atom is 0.323 e. The van der Waals surface area contributed by atoms with Crippen LogP contribution in [0.15, 0.2) is 18.2 Å². The van der Waals surface area contributed by atoms with Gasteiger partial charge in [-0.05, 0) is 63.4 Å². The summed E-state index contributed by atoms with van der Waals surface area (Å²) in [7, 11) is 3.83. The van der Waals surface area contributed by atoms with Crippen LogP contribution in [-0.4, -0.2) is 59.2 Å². The van der Waals surface area contributed by atoms with E-state index in [9.17, 15) is 0 Å². The average molecular weight is 441 g/mol. The molecule has 2 aliphatic rings. The normalized spacial score (nSPS) is 18.7. The van der Waals surface area contributed by atoms with Gasteiger partial charge in [0.25, 0.3) is 0 Å². The fourth-order valence-corrected chi connectivity index (χ4v) is 4.47. The summed E-state index contributed by atoms with van der Waals surface area (Å²) in [6, 6.07) is 6.72. The molecule has 2 N–H and O–H groups in total. The predicted molar refractivity (Wildman–Crippen MR) is 127 cm³/mol. The van der Waals surface area contributed by atoms with Crippen molar-refractivity contribution in [1.29, 1.82) is 0 Å². The van der Waals surface area contributed by atoms with Crippen LogP contribution in [0.3, 0.4) is 0 Å². The van der Waals surface area contributed by atoms with Crippen molar-refractivity contribution >= 4 is 17.6 Å². The summed E-state index contributed by atoms with van der Waals surface area (Å²) >= 11 is 0. The fourth-order valence-electron chi connectivity index (χ4n) is 4.47. The summed E-state index contributed by atoms with van der Waals surface area (Å²) in [6.45, 7) is 4.07. The second-order valence-electron chi connectivity index (χ2n) is 9.03. The van der Waals surface area contributed by atoms with Crippen LogP contribution in [0.1, 0.15) is 56.9 Å². The molecule has 4 rings (SSSR count). The number of hydrogen-bond acceptors (Lipinski definition) is 8. The van der Waals surface area contributed by atoms with E-state index in [1.807, 2.05) is 25.1 Å². The van der Waals surface area contributed by atoms with E-state index in [1.54, 1.807) is 7.11 Å². The number of benzene rings is 1. The Labute approximate surface area is 191 Å². The van der Waals surface area contributed by atoms with E-state index in [-0.39, 0.29) is 6.10 Å². The van der Waals surface area contributed by atoms with Crippen LogP contribution in [0.25, 0.3) is 0 Å². The maximum absolute atomic E-state index is 6.21. The first kappa shape index (κ1) is 22.6. The van der Waals surface area contributed by atoms with E-state index >= 15 is 0 Å². The van der Waals surface area contributed by atoms with Crippen molar-refractivity contribution in [3.63, 3.8) is 0 Å². The summed E-state index contributed by atoms with van der Waals surface area (Å²) < 4.78 is 11.6. The van der Waals surface area contributed by atoms with Crippen LogP contribution in [0, 0.1) is 6.92 Å². The third kappa shape index (κ3) is 6.22. The predicted octanol–water partition coefficient (Wildman–Crippen LogP) is 4.54. The van der Waals surface area contributed by atoms with Gasteiger partial charge in [0.05, 0.1) is 7.11 Å². The van der Waals surface area contributed by atoms with E-state index in [0.29, 0.717) is 23.9 Å². The van der Waals surface area contributed by atoms with Crippen molar-refractivity contribution in [3.05, 3.63) is 23.8 Å². The summed E-state index contributed by atoms with van der Waals surface area (Å²) in [5.74, 6) is 1.93. The minimum atomic E-state index is 0.135. The summed E-state index contributed by atoms with van der Waals surface area (Å²) in [6.07, 6.45) is 9.51. The lowest BCUT2D eigenvalue weighted by molar-refractivity contribution is 0.105. The first-order chi connectivity index (χ1) is 15.6. The number of hydrogen-bond donors (Lipinski definition) is 2. The zero-order chi connectivity index (χ0) is 22.3. The molecule has 2 aromatic rings. The molecule has 1 aliphatic carbocycles. The highest BCUT2D eigenvalue weighted by atomic mass is 16.5. The molecular formula is C24H36N6O2. The van der Waals surface area contributed by atoms with Gasteiger partial charge >= 0.3 is 6.01 Å². The minimum absolute atomic E-state index is 0.135. The van der Waals surface area contributed by atoms with E-state index in [0.717, 1.165) is 55.8 Å². The van der Waals surface area contributed by atoms with Crippen molar-refractivity contribution < 1.29 is 9.47 Å². The molecule has 174 valence electrons. The van der Waals surface area contributed by atoms with E-state index in [2.05, 4.69) is 37.5 Å². The van der Waals surface area contributed by atoms with Gasteiger partial charge in [0.15, 0.2) is 0 Å². The van der Waals surface area contributed by atoms with Crippen LogP contribution in [0.4, 0.5) is 17.6 Å². The lowest BCUT2D eigenvalue weighted by Crippen LogP contribution is -2.36. The van der Waals surface area contributed by atoms with E-state index in [4.69, 9.17) is 9.47 Å².